The molecule has 0 aliphatic heterocycles. The lowest BCUT2D eigenvalue weighted by Gasteiger charge is -2.28. The monoisotopic (exact) mass is 532 g/mol. The van der Waals surface area contributed by atoms with Gasteiger partial charge in [0.05, 0.1) is 11.3 Å². The molecule has 3 aromatic rings. The Balaban J connectivity index is 0.000000815. The number of hydrogen-bond acceptors (Lipinski definition) is 6. The normalized spacial score (nSPS) is 16.9. The Bertz CT molecular complexity index is 1220. The fraction of sp³-hybridized carbons (Fsp3) is 0.500. The molecule has 2 aromatic heterocycles. The van der Waals surface area contributed by atoms with Crippen LogP contribution in [0.2, 0.25) is 0 Å². The van der Waals surface area contributed by atoms with Gasteiger partial charge in [0, 0.05) is 18.2 Å². The summed E-state index contributed by atoms with van der Waals surface area (Å²) in [5, 5.41) is 14.4. The second-order valence-corrected chi connectivity index (χ2v) is 10.2. The molecule has 1 aromatic carbocycles. The fourth-order valence-electron chi connectivity index (χ4n) is 4.67. The molecule has 39 heavy (non-hydrogen) atoms. The molecule has 1 saturated carbocycles. The molecule has 1 aliphatic rings. The van der Waals surface area contributed by atoms with Crippen LogP contribution in [0.1, 0.15) is 84.2 Å². The SMILES string of the molecule is C/C=C(\CNC)c1cccc(-c2nc(NC3CCC(C)CC3)c(-c3n[nH]c(C)n3)cc2C)c1.CC.CC(C)=O. The number of rotatable bonds is 7. The highest BCUT2D eigenvalue weighted by Crippen LogP contribution is 2.34. The number of H-pyrrole nitrogens is 1. The Morgan fingerprint density at radius 1 is 1.08 bits per heavy atom. The van der Waals surface area contributed by atoms with Crippen molar-refractivity contribution >= 4 is 17.2 Å². The number of benzene rings is 1. The zero-order valence-electron chi connectivity index (χ0n) is 25.4. The molecule has 0 unspecified atom stereocenters. The van der Waals surface area contributed by atoms with Crippen LogP contribution in [0.5, 0.6) is 0 Å². The van der Waals surface area contributed by atoms with Crippen LogP contribution in [0.15, 0.2) is 36.4 Å². The summed E-state index contributed by atoms with van der Waals surface area (Å²) < 4.78 is 0. The number of carbonyl (C=O) groups is 1. The number of carbonyl (C=O) groups excluding carboxylic acids is 1. The van der Waals surface area contributed by atoms with E-state index in [-0.39, 0.29) is 5.78 Å². The standard InChI is InChI=1S/C27H36N6.C3H6O.C2H6/c1-6-20(16-28-5)21-8-7-9-22(15-21)25-18(3)14-24(27-29-19(4)32-33-27)26(31-25)30-23-12-10-17(2)11-13-23;1-3(2)4;1-2/h6-9,14-15,17,23,28H,10-13,16H2,1-5H3,(H,30,31)(H,29,32,33);1-2H3;1-2H3/b20-6+;;. The minimum Gasteiger partial charge on any atom is -0.367 e. The first-order chi connectivity index (χ1) is 18.7. The highest BCUT2D eigenvalue weighted by Gasteiger charge is 2.22. The van der Waals surface area contributed by atoms with Crippen LogP contribution in [0.3, 0.4) is 0 Å². The number of aromatic nitrogens is 4. The van der Waals surface area contributed by atoms with Crippen molar-refractivity contribution in [2.75, 3.05) is 18.9 Å². The van der Waals surface area contributed by atoms with Crippen LogP contribution < -0.4 is 10.6 Å². The minimum atomic E-state index is 0.167. The molecule has 0 atom stereocenters. The molecule has 4 rings (SSSR count). The number of allylic oxidation sites excluding steroid dienone is 1. The van der Waals surface area contributed by atoms with Gasteiger partial charge in [0.1, 0.15) is 17.4 Å². The van der Waals surface area contributed by atoms with Gasteiger partial charge in [-0.2, -0.15) is 5.10 Å². The number of likely N-dealkylation sites (N-methyl/N-ethyl adjacent to an activating group) is 1. The quantitative estimate of drug-likeness (QED) is 0.294. The zero-order chi connectivity index (χ0) is 28.9. The van der Waals surface area contributed by atoms with E-state index in [4.69, 9.17) is 4.98 Å². The van der Waals surface area contributed by atoms with E-state index < -0.39 is 0 Å². The van der Waals surface area contributed by atoms with E-state index in [0.29, 0.717) is 11.9 Å². The molecule has 0 saturated heterocycles. The summed E-state index contributed by atoms with van der Waals surface area (Å²) in [6, 6.07) is 11.3. The molecule has 0 amide bonds. The van der Waals surface area contributed by atoms with Crippen LogP contribution in [0, 0.1) is 19.8 Å². The van der Waals surface area contributed by atoms with E-state index in [9.17, 15) is 4.79 Å². The van der Waals surface area contributed by atoms with Gasteiger partial charge in [-0.1, -0.05) is 45.0 Å². The first kappa shape index (κ1) is 31.9. The molecular weight excluding hydrogens is 484 g/mol. The Hall–Kier alpha value is -3.32. The lowest BCUT2D eigenvalue weighted by Crippen LogP contribution is -2.26. The van der Waals surface area contributed by atoms with E-state index in [0.717, 1.165) is 46.5 Å². The van der Waals surface area contributed by atoms with E-state index >= 15 is 0 Å². The van der Waals surface area contributed by atoms with Crippen LogP contribution in [0.25, 0.3) is 28.2 Å². The molecule has 212 valence electrons. The molecule has 0 radical (unpaired) electrons. The van der Waals surface area contributed by atoms with Gasteiger partial charge < -0.3 is 15.4 Å². The predicted molar refractivity (Wildman–Crippen MR) is 165 cm³/mol. The number of anilines is 1. The molecular formula is C32H48N6O. The van der Waals surface area contributed by atoms with Crippen molar-refractivity contribution in [3.63, 3.8) is 0 Å². The molecule has 3 N–H and O–H groups in total. The van der Waals surface area contributed by atoms with Gasteiger partial charge >= 0.3 is 0 Å². The Morgan fingerprint density at radius 2 is 1.74 bits per heavy atom. The Kier molecular flexibility index (Phi) is 13.0. The Morgan fingerprint density at radius 3 is 2.31 bits per heavy atom. The lowest BCUT2D eigenvalue weighted by atomic mass is 9.87. The first-order valence-electron chi connectivity index (χ1n) is 14.3. The summed E-state index contributed by atoms with van der Waals surface area (Å²) in [7, 11) is 1.98. The van der Waals surface area contributed by atoms with Crippen molar-refractivity contribution in [1.82, 2.24) is 25.5 Å². The summed E-state index contributed by atoms with van der Waals surface area (Å²) in [5.74, 6) is 3.35. The van der Waals surface area contributed by atoms with E-state index in [1.807, 2.05) is 27.8 Å². The summed E-state index contributed by atoms with van der Waals surface area (Å²) in [4.78, 5) is 19.2. The second kappa shape index (κ2) is 15.9. The van der Waals surface area contributed by atoms with E-state index in [1.165, 1.54) is 50.7 Å². The van der Waals surface area contributed by atoms with Crippen molar-refractivity contribution in [1.29, 1.82) is 0 Å². The van der Waals surface area contributed by atoms with Crippen LogP contribution in [-0.2, 0) is 4.79 Å². The third kappa shape index (κ3) is 9.43. The third-order valence-corrected chi connectivity index (χ3v) is 6.63. The molecule has 7 heteroatoms. The molecule has 7 nitrogen and oxygen atoms in total. The number of nitrogens with zero attached hydrogens (tertiary/aromatic N) is 3. The van der Waals surface area contributed by atoms with Crippen molar-refractivity contribution in [2.45, 2.75) is 87.1 Å². The maximum Gasteiger partial charge on any atom is 0.184 e. The highest BCUT2D eigenvalue weighted by atomic mass is 16.1. The largest absolute Gasteiger partial charge is 0.367 e. The topological polar surface area (TPSA) is 95.6 Å². The predicted octanol–water partition coefficient (Wildman–Crippen LogP) is 7.39. The summed E-state index contributed by atoms with van der Waals surface area (Å²) in [5.41, 5.74) is 6.69. The van der Waals surface area contributed by atoms with Gasteiger partial charge in [-0.15, -0.1) is 0 Å². The summed E-state index contributed by atoms with van der Waals surface area (Å²) in [6.45, 7) is 16.4. The third-order valence-electron chi connectivity index (χ3n) is 6.63. The first-order valence-corrected chi connectivity index (χ1v) is 14.3. The second-order valence-electron chi connectivity index (χ2n) is 10.2. The van der Waals surface area contributed by atoms with Gasteiger partial charge in [-0.25, -0.2) is 9.97 Å². The summed E-state index contributed by atoms with van der Waals surface area (Å²) in [6.07, 6.45) is 7.02. The number of pyridine rings is 1. The van der Waals surface area contributed by atoms with Gasteiger partial charge in [-0.05, 0) is 102 Å². The van der Waals surface area contributed by atoms with Crippen LogP contribution in [-0.4, -0.2) is 45.6 Å². The molecule has 1 aliphatic carbocycles. The summed E-state index contributed by atoms with van der Waals surface area (Å²) >= 11 is 0. The number of Topliss-reactive ketones (excluding diaryl/α,β-unsaturated/α-hetero) is 1. The number of hydrogen-bond donors (Lipinski definition) is 3. The van der Waals surface area contributed by atoms with Crippen molar-refractivity contribution in [3.8, 4) is 22.6 Å². The smallest absolute Gasteiger partial charge is 0.184 e. The van der Waals surface area contributed by atoms with E-state index in [2.05, 4.69) is 83.0 Å². The highest BCUT2D eigenvalue weighted by molar-refractivity contribution is 5.78. The van der Waals surface area contributed by atoms with Crippen LogP contribution in [0.4, 0.5) is 5.82 Å². The van der Waals surface area contributed by atoms with Crippen molar-refractivity contribution in [3.05, 3.63) is 53.4 Å². The van der Waals surface area contributed by atoms with Gasteiger partial charge in [0.2, 0.25) is 0 Å². The average molecular weight is 533 g/mol. The zero-order valence-corrected chi connectivity index (χ0v) is 25.4. The van der Waals surface area contributed by atoms with Crippen LogP contribution >= 0.6 is 0 Å². The van der Waals surface area contributed by atoms with Crippen molar-refractivity contribution in [2.24, 2.45) is 5.92 Å². The molecule has 2 heterocycles. The van der Waals surface area contributed by atoms with Gasteiger partial charge in [0.25, 0.3) is 0 Å². The minimum absolute atomic E-state index is 0.167. The molecule has 1 fully saturated rings. The van der Waals surface area contributed by atoms with Gasteiger partial charge in [-0.3, -0.25) is 5.10 Å². The molecule has 0 spiro atoms. The number of aryl methyl sites for hydroxylation is 2. The van der Waals surface area contributed by atoms with Crippen molar-refractivity contribution < 1.29 is 4.79 Å². The average Bonchev–Trinajstić information content (AvgIpc) is 3.36. The number of nitrogens with one attached hydrogen (secondary N) is 3. The molecule has 0 bridgehead atoms. The maximum atomic E-state index is 9.44. The van der Waals surface area contributed by atoms with Gasteiger partial charge in [0.15, 0.2) is 5.82 Å². The lowest BCUT2D eigenvalue weighted by molar-refractivity contribution is -0.114. The van der Waals surface area contributed by atoms with E-state index in [1.54, 1.807) is 0 Å². The fourth-order valence-corrected chi connectivity index (χ4v) is 4.67. The Labute approximate surface area is 235 Å². The number of ketones is 1. The maximum absolute atomic E-state index is 9.44. The number of aromatic amines is 1.